The van der Waals surface area contributed by atoms with Gasteiger partial charge in [0.1, 0.15) is 0 Å². The number of hydrazine groups is 1. The molecule has 0 aromatic carbocycles. The smallest absolute Gasteiger partial charge is 1.00 e. The number of primary amides is 1. The van der Waals surface area contributed by atoms with Crippen molar-refractivity contribution < 1.29 is 7.65 Å². The molecule has 4 nitrogen and oxygen atoms in total. The van der Waals surface area contributed by atoms with Gasteiger partial charge in [0.15, 0.2) is 0 Å². The Morgan fingerprint density at radius 3 is 1.86 bits per heavy atom. The summed E-state index contributed by atoms with van der Waals surface area (Å²) in [6.45, 7) is 0. The second kappa shape index (κ2) is 9.91. The fourth-order valence-corrected chi connectivity index (χ4v) is 0. The van der Waals surface area contributed by atoms with E-state index in [0.717, 1.165) is 0 Å². The SMILES string of the molecule is Cl.NNC(N)=O.[Ca+2].[H-].[H-]. The number of carbonyl (C=O) groups excluding carboxylic acids is 1. The van der Waals surface area contributed by atoms with E-state index in [1.54, 1.807) is 5.43 Å². The Labute approximate surface area is 80.3 Å². The van der Waals surface area contributed by atoms with E-state index in [-0.39, 0.29) is 53.0 Å². The Morgan fingerprint density at radius 1 is 1.71 bits per heavy atom. The molecular formula is CH8CaClN3O. The summed E-state index contributed by atoms with van der Waals surface area (Å²) in [5.41, 5.74) is 6.08. The first kappa shape index (κ1) is 15.7. The van der Waals surface area contributed by atoms with Crippen molar-refractivity contribution in [3.05, 3.63) is 0 Å². The summed E-state index contributed by atoms with van der Waals surface area (Å²) in [5.74, 6) is 4.45. The minimum Gasteiger partial charge on any atom is -1.00 e. The molecule has 42 valence electrons. The second-order valence-corrected chi connectivity index (χ2v) is 0.509. The van der Waals surface area contributed by atoms with Crippen molar-refractivity contribution in [3.63, 3.8) is 0 Å². The summed E-state index contributed by atoms with van der Waals surface area (Å²) in [5, 5.41) is 0. The van der Waals surface area contributed by atoms with Gasteiger partial charge in [0.25, 0.3) is 0 Å². The second-order valence-electron chi connectivity index (χ2n) is 0.509. The molecule has 2 amide bonds. The van der Waals surface area contributed by atoms with Gasteiger partial charge in [-0.25, -0.2) is 10.6 Å². The maximum absolute atomic E-state index is 9.35. The van der Waals surface area contributed by atoms with Crippen LogP contribution in [0.25, 0.3) is 0 Å². The van der Waals surface area contributed by atoms with Gasteiger partial charge in [-0.2, -0.15) is 0 Å². The van der Waals surface area contributed by atoms with E-state index < -0.39 is 6.03 Å². The first-order valence-electron chi connectivity index (χ1n) is 1.03. The minimum absolute atomic E-state index is 0. The standard InChI is InChI=1S/CH5N3O.Ca.ClH.2H/c2-1(5)4-3;;;;/h3H2,(H3,2,4,5);;1H;;/q;+2;;2*-1. The third kappa shape index (κ3) is 20.0. The van der Waals surface area contributed by atoms with Crippen LogP contribution >= 0.6 is 12.4 Å². The summed E-state index contributed by atoms with van der Waals surface area (Å²) in [6.07, 6.45) is 0. The van der Waals surface area contributed by atoms with Crippen molar-refractivity contribution >= 4 is 56.2 Å². The summed E-state index contributed by atoms with van der Waals surface area (Å²) < 4.78 is 0. The van der Waals surface area contributed by atoms with Gasteiger partial charge in [0.2, 0.25) is 0 Å². The molecule has 0 aliphatic rings. The van der Waals surface area contributed by atoms with Crippen molar-refractivity contribution in [2.75, 3.05) is 0 Å². The van der Waals surface area contributed by atoms with Crippen LogP contribution in [0.1, 0.15) is 2.85 Å². The Bertz CT molecular complexity index is 57.1. The maximum Gasteiger partial charge on any atom is 2.00 e. The average Bonchev–Trinajstić information content (AvgIpc) is 1.38. The molecule has 0 radical (unpaired) electrons. The van der Waals surface area contributed by atoms with Gasteiger partial charge in [-0.05, 0) is 0 Å². The van der Waals surface area contributed by atoms with Gasteiger partial charge in [-0.1, -0.05) is 0 Å². The van der Waals surface area contributed by atoms with Crippen LogP contribution in [0.15, 0.2) is 0 Å². The Morgan fingerprint density at radius 2 is 1.86 bits per heavy atom. The average molecular weight is 154 g/mol. The van der Waals surface area contributed by atoms with Crippen molar-refractivity contribution in [3.8, 4) is 0 Å². The number of amides is 2. The van der Waals surface area contributed by atoms with E-state index in [2.05, 4.69) is 11.6 Å². The topological polar surface area (TPSA) is 81.1 Å². The number of rotatable bonds is 0. The van der Waals surface area contributed by atoms with E-state index in [9.17, 15) is 4.79 Å². The van der Waals surface area contributed by atoms with Crippen molar-refractivity contribution in [2.24, 2.45) is 11.6 Å². The van der Waals surface area contributed by atoms with E-state index in [4.69, 9.17) is 0 Å². The molecule has 0 rings (SSSR count). The normalized spacial score (nSPS) is 4.71. The molecule has 0 spiro atoms. The largest absolute Gasteiger partial charge is 2.00 e. The van der Waals surface area contributed by atoms with Crippen LogP contribution in [0.3, 0.4) is 0 Å². The molecular weight excluding hydrogens is 146 g/mol. The molecule has 0 aromatic rings. The predicted octanol–water partition coefficient (Wildman–Crippen LogP) is -1.21. The van der Waals surface area contributed by atoms with Gasteiger partial charge in [0, 0.05) is 0 Å². The maximum atomic E-state index is 9.35. The molecule has 0 unspecified atom stereocenters. The van der Waals surface area contributed by atoms with Crippen LogP contribution in [0.4, 0.5) is 4.79 Å². The van der Waals surface area contributed by atoms with Crippen LogP contribution in [0, 0.1) is 0 Å². The molecule has 0 saturated heterocycles. The van der Waals surface area contributed by atoms with E-state index in [1.165, 1.54) is 0 Å². The molecule has 0 saturated carbocycles. The minimum atomic E-state index is -0.718. The van der Waals surface area contributed by atoms with Crippen LogP contribution in [0.5, 0.6) is 0 Å². The van der Waals surface area contributed by atoms with Gasteiger partial charge in [0.05, 0.1) is 0 Å². The Hall–Kier alpha value is 0.780. The fourth-order valence-electron chi connectivity index (χ4n) is 0. The van der Waals surface area contributed by atoms with E-state index in [1.807, 2.05) is 0 Å². The molecule has 0 bridgehead atoms. The van der Waals surface area contributed by atoms with Crippen LogP contribution < -0.4 is 17.0 Å². The molecule has 0 heterocycles. The van der Waals surface area contributed by atoms with Gasteiger partial charge in [-0.15, -0.1) is 12.4 Å². The van der Waals surface area contributed by atoms with Crippen LogP contribution in [-0.4, -0.2) is 43.8 Å². The summed E-state index contributed by atoms with van der Waals surface area (Å²) >= 11 is 0. The fraction of sp³-hybridized carbons (Fsp3) is 0. The molecule has 0 aromatic heterocycles. The monoisotopic (exact) mass is 153 g/mol. The van der Waals surface area contributed by atoms with E-state index >= 15 is 0 Å². The van der Waals surface area contributed by atoms with Crippen LogP contribution in [-0.2, 0) is 0 Å². The zero-order chi connectivity index (χ0) is 4.28. The molecule has 0 aliphatic carbocycles. The van der Waals surface area contributed by atoms with Crippen molar-refractivity contribution in [1.82, 2.24) is 5.43 Å². The number of nitrogens with one attached hydrogen (secondary N) is 1. The zero-order valence-electron chi connectivity index (χ0n) is 5.68. The molecule has 0 fully saturated rings. The molecule has 7 heavy (non-hydrogen) atoms. The summed E-state index contributed by atoms with van der Waals surface area (Å²) in [4.78, 5) is 9.35. The van der Waals surface area contributed by atoms with Crippen molar-refractivity contribution in [1.29, 1.82) is 0 Å². The third-order valence-corrected chi connectivity index (χ3v) is 0.142. The Balaban J connectivity index is -0.0000000133. The summed E-state index contributed by atoms with van der Waals surface area (Å²) in [7, 11) is 0. The van der Waals surface area contributed by atoms with Gasteiger partial charge >= 0.3 is 43.8 Å². The number of hydrogen-bond donors (Lipinski definition) is 3. The first-order chi connectivity index (χ1) is 2.27. The Kier molecular flexibility index (Phi) is 22.2. The van der Waals surface area contributed by atoms with Crippen LogP contribution in [0.2, 0.25) is 0 Å². The van der Waals surface area contributed by atoms with Crippen molar-refractivity contribution in [2.45, 2.75) is 0 Å². The number of nitrogens with two attached hydrogens (primary N) is 2. The molecule has 0 atom stereocenters. The summed E-state index contributed by atoms with van der Waals surface area (Å²) in [6, 6.07) is -0.718. The van der Waals surface area contributed by atoms with E-state index in [0.29, 0.717) is 0 Å². The zero-order valence-corrected chi connectivity index (χ0v) is 6.70. The number of hydrogen-bond acceptors (Lipinski definition) is 2. The quantitative estimate of drug-likeness (QED) is 0.177. The molecule has 0 aliphatic heterocycles. The molecule has 5 N–H and O–H groups in total. The van der Waals surface area contributed by atoms with Gasteiger partial charge in [-0.3, -0.25) is 5.43 Å². The third-order valence-electron chi connectivity index (χ3n) is 0.142. The number of halogens is 1. The number of urea groups is 1. The molecule has 6 heteroatoms. The number of carbonyl (C=O) groups is 1. The van der Waals surface area contributed by atoms with Gasteiger partial charge < -0.3 is 8.59 Å². The first-order valence-corrected chi connectivity index (χ1v) is 1.03. The predicted molar refractivity (Wildman–Crippen MR) is 32.1 cm³/mol.